The number of likely N-dealkylation sites (N-methyl/N-ethyl adjacent to an activating group) is 1. The standard InChI is InChI=1S/C34H48N6O5/c1-33(2,43)22-44-25-7-9-29(37-21-25)28(20-35)32(42)38-24-16-34(17-24)18-26(19-34)45-30-15-23(6-8-27(30)31(36)41)5-4-10-40-13-11-39(3)12-14-40/h6-9,15,20-21,24,26,35,37,43H,4-5,10-14,16-19,22H2,1-3H3,(H2,36,41)(H,38,42)/b29-28+,35-20?. The van der Waals surface area contributed by atoms with Crippen LogP contribution >= 0.6 is 0 Å². The average molecular weight is 621 g/mol. The number of carbonyl (C=O) groups excluding carboxylic acids is 2. The maximum absolute atomic E-state index is 13.0. The van der Waals surface area contributed by atoms with E-state index in [4.69, 9.17) is 20.6 Å². The van der Waals surface area contributed by atoms with E-state index < -0.39 is 11.5 Å². The van der Waals surface area contributed by atoms with Crippen LogP contribution in [-0.4, -0.2) is 97.1 Å². The van der Waals surface area contributed by atoms with Gasteiger partial charge in [0.15, 0.2) is 0 Å². The quantitative estimate of drug-likeness (QED) is 0.167. The highest BCUT2D eigenvalue weighted by Crippen LogP contribution is 2.57. The van der Waals surface area contributed by atoms with Gasteiger partial charge in [0.2, 0.25) is 0 Å². The van der Waals surface area contributed by atoms with Crippen LogP contribution in [0.25, 0.3) is 0 Å². The molecule has 0 atom stereocenters. The number of hydrogen-bond donors (Lipinski definition) is 5. The number of carbonyl (C=O) groups is 2. The number of nitrogens with zero attached hydrogens (tertiary/aromatic N) is 2. The van der Waals surface area contributed by atoms with Gasteiger partial charge in [-0.05, 0) is 101 Å². The van der Waals surface area contributed by atoms with Gasteiger partial charge in [0, 0.05) is 44.6 Å². The minimum absolute atomic E-state index is 0.00998. The number of nitrogens with one attached hydrogen (secondary N) is 3. The molecule has 6 N–H and O–H groups in total. The predicted molar refractivity (Wildman–Crippen MR) is 173 cm³/mol. The van der Waals surface area contributed by atoms with Crippen molar-refractivity contribution in [2.45, 2.75) is 70.1 Å². The van der Waals surface area contributed by atoms with E-state index in [1.807, 2.05) is 12.1 Å². The molecular formula is C34H48N6O5. The average Bonchev–Trinajstić information content (AvgIpc) is 2.95. The lowest BCUT2D eigenvalue weighted by Gasteiger charge is -2.57. The molecule has 1 aromatic carbocycles. The summed E-state index contributed by atoms with van der Waals surface area (Å²) in [7, 11) is 2.17. The van der Waals surface area contributed by atoms with Crippen molar-refractivity contribution < 1.29 is 24.2 Å². The number of amides is 2. The summed E-state index contributed by atoms with van der Waals surface area (Å²) >= 11 is 0. The Balaban J connectivity index is 1.07. The Morgan fingerprint density at radius 2 is 1.91 bits per heavy atom. The molecule has 2 amide bonds. The number of aliphatic hydroxyl groups is 1. The summed E-state index contributed by atoms with van der Waals surface area (Å²) in [6.07, 6.45) is 11.5. The first-order valence-electron chi connectivity index (χ1n) is 16.0. The number of rotatable bonds is 13. The van der Waals surface area contributed by atoms with E-state index in [1.54, 1.807) is 38.3 Å². The molecule has 11 nitrogen and oxygen atoms in total. The van der Waals surface area contributed by atoms with E-state index in [0.717, 1.165) is 83.0 Å². The van der Waals surface area contributed by atoms with Gasteiger partial charge in [0.1, 0.15) is 18.1 Å². The van der Waals surface area contributed by atoms with Crippen molar-refractivity contribution in [1.29, 1.82) is 5.41 Å². The van der Waals surface area contributed by atoms with E-state index in [-0.39, 0.29) is 35.6 Å². The number of primary amides is 1. The van der Waals surface area contributed by atoms with Crippen molar-refractivity contribution in [2.75, 3.05) is 46.4 Å². The number of hydrogen-bond acceptors (Lipinski definition) is 9. The zero-order valence-electron chi connectivity index (χ0n) is 26.7. The second kappa shape index (κ2) is 13.8. The fourth-order valence-corrected chi connectivity index (χ4v) is 6.65. The number of piperazine rings is 1. The zero-order chi connectivity index (χ0) is 32.2. The van der Waals surface area contributed by atoms with Crippen LogP contribution in [0.3, 0.4) is 0 Å². The van der Waals surface area contributed by atoms with Gasteiger partial charge in [-0.15, -0.1) is 0 Å². The summed E-state index contributed by atoms with van der Waals surface area (Å²) in [6, 6.07) is 5.79. The number of benzene rings is 1. The van der Waals surface area contributed by atoms with Crippen molar-refractivity contribution in [2.24, 2.45) is 11.1 Å². The Kier molecular flexibility index (Phi) is 10.0. The summed E-state index contributed by atoms with van der Waals surface area (Å²) in [5.41, 5.74) is 7.16. The smallest absolute Gasteiger partial charge is 0.255 e. The van der Waals surface area contributed by atoms with Crippen LogP contribution in [0.15, 0.2) is 53.6 Å². The van der Waals surface area contributed by atoms with E-state index in [9.17, 15) is 14.7 Å². The minimum Gasteiger partial charge on any atom is -0.490 e. The summed E-state index contributed by atoms with van der Waals surface area (Å²) < 4.78 is 11.9. The molecule has 2 aliphatic heterocycles. The first-order valence-corrected chi connectivity index (χ1v) is 16.0. The van der Waals surface area contributed by atoms with Crippen LogP contribution < -0.4 is 21.1 Å². The van der Waals surface area contributed by atoms with Gasteiger partial charge in [-0.25, -0.2) is 0 Å². The fraction of sp³-hybridized carbons (Fsp3) is 0.559. The third-order valence-corrected chi connectivity index (χ3v) is 9.21. The van der Waals surface area contributed by atoms with Crippen LogP contribution in [0.1, 0.15) is 61.9 Å². The van der Waals surface area contributed by atoms with Crippen LogP contribution in [0.4, 0.5) is 0 Å². The van der Waals surface area contributed by atoms with Crippen molar-refractivity contribution in [3.8, 4) is 5.75 Å². The largest absolute Gasteiger partial charge is 0.490 e. The Morgan fingerprint density at radius 1 is 1.18 bits per heavy atom. The Hall–Kier alpha value is -3.67. The van der Waals surface area contributed by atoms with Gasteiger partial charge in [0.05, 0.1) is 28.5 Å². The lowest BCUT2D eigenvalue weighted by Crippen LogP contribution is -2.59. The normalized spacial score (nSPS) is 26.2. The topological polar surface area (TPSA) is 153 Å². The van der Waals surface area contributed by atoms with Crippen LogP contribution in [0.5, 0.6) is 5.75 Å². The van der Waals surface area contributed by atoms with Crippen molar-refractivity contribution >= 4 is 18.0 Å². The molecule has 2 saturated carbocycles. The first-order chi connectivity index (χ1) is 21.4. The number of nitrogens with two attached hydrogens (primary N) is 1. The monoisotopic (exact) mass is 620 g/mol. The lowest BCUT2D eigenvalue weighted by atomic mass is 9.53. The van der Waals surface area contributed by atoms with Crippen molar-refractivity contribution in [3.05, 3.63) is 64.7 Å². The molecule has 45 heavy (non-hydrogen) atoms. The number of ether oxygens (including phenoxy) is 2. The highest BCUT2D eigenvalue weighted by atomic mass is 16.5. The second-order valence-corrected chi connectivity index (χ2v) is 13.8. The molecule has 4 aliphatic rings. The third kappa shape index (κ3) is 8.53. The lowest BCUT2D eigenvalue weighted by molar-refractivity contribution is -0.123. The van der Waals surface area contributed by atoms with E-state index in [2.05, 4.69) is 27.5 Å². The Morgan fingerprint density at radius 3 is 2.53 bits per heavy atom. The number of aryl methyl sites for hydroxylation is 1. The van der Waals surface area contributed by atoms with Crippen LogP contribution in [0.2, 0.25) is 0 Å². The molecule has 0 unspecified atom stereocenters. The number of allylic oxidation sites excluding steroid dienone is 2. The maximum Gasteiger partial charge on any atom is 0.255 e. The molecule has 1 spiro atoms. The molecule has 1 saturated heterocycles. The van der Waals surface area contributed by atoms with Gasteiger partial charge >= 0.3 is 0 Å². The summed E-state index contributed by atoms with van der Waals surface area (Å²) in [5.74, 6) is 0.320. The maximum atomic E-state index is 13.0. The molecule has 0 aromatic heterocycles. The Labute approximate surface area is 266 Å². The van der Waals surface area contributed by atoms with E-state index in [0.29, 0.717) is 22.8 Å². The van der Waals surface area contributed by atoms with E-state index >= 15 is 0 Å². The molecule has 2 heterocycles. The molecule has 244 valence electrons. The molecule has 3 fully saturated rings. The highest BCUT2D eigenvalue weighted by molar-refractivity contribution is 6.12. The summed E-state index contributed by atoms with van der Waals surface area (Å²) in [5, 5.41) is 23.7. The third-order valence-electron chi connectivity index (χ3n) is 9.21. The molecule has 1 aromatic rings. The molecular weight excluding hydrogens is 572 g/mol. The van der Waals surface area contributed by atoms with Gasteiger partial charge in [-0.1, -0.05) is 6.07 Å². The minimum atomic E-state index is -0.959. The van der Waals surface area contributed by atoms with Gasteiger partial charge < -0.3 is 46.2 Å². The first kappa shape index (κ1) is 32.7. The van der Waals surface area contributed by atoms with Gasteiger partial charge in [-0.3, -0.25) is 9.59 Å². The molecule has 5 rings (SSSR count). The van der Waals surface area contributed by atoms with E-state index in [1.165, 1.54) is 0 Å². The molecule has 2 aliphatic carbocycles. The highest BCUT2D eigenvalue weighted by Gasteiger charge is 2.54. The zero-order valence-corrected chi connectivity index (χ0v) is 26.7. The SMILES string of the molecule is CN1CCN(CCCc2ccc(C(N)=O)c(OC3CC4(CC(NC(=O)/C(C=N)=C5\C=CC(OCC(C)(C)O)=CN5)C4)C3)c2)CC1. The fourth-order valence-electron chi connectivity index (χ4n) is 6.65. The van der Waals surface area contributed by atoms with Crippen molar-refractivity contribution in [1.82, 2.24) is 20.4 Å². The molecule has 11 heteroatoms. The Bertz CT molecular complexity index is 1360. The van der Waals surface area contributed by atoms with Gasteiger partial charge in [0.25, 0.3) is 11.8 Å². The predicted octanol–water partition coefficient (Wildman–Crippen LogP) is 2.46. The summed E-state index contributed by atoms with van der Waals surface area (Å²) in [6.45, 7) is 8.95. The van der Waals surface area contributed by atoms with Gasteiger partial charge in [-0.2, -0.15) is 0 Å². The summed E-state index contributed by atoms with van der Waals surface area (Å²) in [4.78, 5) is 30.0. The van der Waals surface area contributed by atoms with Crippen molar-refractivity contribution in [3.63, 3.8) is 0 Å². The van der Waals surface area contributed by atoms with Crippen LogP contribution in [-0.2, 0) is 16.0 Å². The number of dihydropyridines is 1. The van der Waals surface area contributed by atoms with Crippen LogP contribution in [0, 0.1) is 10.8 Å². The second-order valence-electron chi connectivity index (χ2n) is 13.8. The molecule has 0 radical (unpaired) electrons. The molecule has 0 bridgehead atoms.